The van der Waals surface area contributed by atoms with Gasteiger partial charge in [0.2, 0.25) is 0 Å². The normalized spacial score (nSPS) is 12.1. The van der Waals surface area contributed by atoms with Gasteiger partial charge < -0.3 is 4.74 Å². The fraction of sp³-hybridized carbons (Fsp3) is 0.667. The van der Waals surface area contributed by atoms with Crippen molar-refractivity contribution >= 4 is 11.6 Å². The van der Waals surface area contributed by atoms with E-state index < -0.39 is 0 Å². The Hall–Kier alpha value is -0.0100. The largest absolute Gasteiger partial charge is 0.381 e. The Bertz CT molecular complexity index is 78.6. The summed E-state index contributed by atoms with van der Waals surface area (Å²) >= 11 is 5.46. The predicted octanol–water partition coefficient (Wildman–Crippen LogP) is 1.82. The lowest BCUT2D eigenvalue weighted by atomic mass is 10.3. The molecule has 0 spiro atoms. The number of allylic oxidation sites excluding steroid dienone is 1. The highest BCUT2D eigenvalue weighted by Gasteiger charge is 1.81. The molecule has 0 aromatic heterocycles. The van der Waals surface area contributed by atoms with Crippen molar-refractivity contribution in [3.05, 3.63) is 11.6 Å². The number of halogens is 1. The molecule has 0 fully saturated rings. The molecule has 0 bridgehead atoms. The van der Waals surface area contributed by atoms with Gasteiger partial charge in [-0.1, -0.05) is 11.6 Å². The van der Waals surface area contributed by atoms with Crippen molar-refractivity contribution in [3.63, 3.8) is 0 Å². The summed E-state index contributed by atoms with van der Waals surface area (Å²) in [6.45, 7) is 2.64. The first-order valence-corrected chi connectivity index (χ1v) is 3.05. The highest BCUT2D eigenvalue weighted by molar-refractivity contribution is 6.19. The van der Waals surface area contributed by atoms with Crippen LogP contribution in [0.15, 0.2) is 11.6 Å². The zero-order valence-electron chi connectivity index (χ0n) is 5.28. The summed E-state index contributed by atoms with van der Waals surface area (Å²) in [6, 6.07) is 0. The predicted molar refractivity (Wildman–Crippen MR) is 36.4 cm³/mol. The van der Waals surface area contributed by atoms with Crippen LogP contribution in [0.4, 0.5) is 0 Å². The van der Waals surface area contributed by atoms with Gasteiger partial charge >= 0.3 is 0 Å². The third-order valence-corrected chi connectivity index (χ3v) is 1.23. The zero-order valence-corrected chi connectivity index (χ0v) is 6.03. The monoisotopic (exact) mass is 134 g/mol. The van der Waals surface area contributed by atoms with Gasteiger partial charge in [-0.2, -0.15) is 0 Å². The maximum Gasteiger partial charge on any atom is 0.0646 e. The van der Waals surface area contributed by atoms with Crippen LogP contribution in [0.1, 0.15) is 6.92 Å². The summed E-state index contributed by atoms with van der Waals surface area (Å²) in [6.07, 6.45) is 1.97. The van der Waals surface area contributed by atoms with Crippen LogP contribution in [0.2, 0.25) is 0 Å². The lowest BCUT2D eigenvalue weighted by Crippen LogP contribution is -1.84. The van der Waals surface area contributed by atoms with Gasteiger partial charge in [0.05, 0.1) is 6.61 Å². The number of alkyl halides is 1. The van der Waals surface area contributed by atoms with Crippen LogP contribution in [0.25, 0.3) is 0 Å². The Balaban J connectivity index is 3.26. The lowest BCUT2D eigenvalue weighted by Gasteiger charge is -1.91. The van der Waals surface area contributed by atoms with Crippen LogP contribution >= 0.6 is 11.6 Å². The number of hydrogen-bond donors (Lipinski definition) is 0. The first-order valence-electron chi connectivity index (χ1n) is 2.51. The van der Waals surface area contributed by atoms with Crippen molar-refractivity contribution in [2.45, 2.75) is 6.92 Å². The highest BCUT2D eigenvalue weighted by atomic mass is 35.5. The van der Waals surface area contributed by atoms with Crippen molar-refractivity contribution in [2.75, 3.05) is 19.6 Å². The lowest BCUT2D eigenvalue weighted by molar-refractivity contribution is 0.233. The summed E-state index contributed by atoms with van der Waals surface area (Å²) in [5.74, 6) is 0.601. The smallest absolute Gasteiger partial charge is 0.0646 e. The quantitative estimate of drug-likeness (QED) is 0.423. The van der Waals surface area contributed by atoms with Crippen molar-refractivity contribution in [1.29, 1.82) is 0 Å². The van der Waals surface area contributed by atoms with E-state index in [4.69, 9.17) is 16.3 Å². The molecule has 0 aliphatic heterocycles. The van der Waals surface area contributed by atoms with E-state index in [1.165, 1.54) is 0 Å². The average molecular weight is 135 g/mol. The van der Waals surface area contributed by atoms with Crippen LogP contribution in [0.5, 0.6) is 0 Å². The molecular formula is C6H11ClO. The summed E-state index contributed by atoms with van der Waals surface area (Å²) in [7, 11) is 1.66. The molecule has 0 aromatic rings. The second-order valence-corrected chi connectivity index (χ2v) is 1.91. The Kier molecular flexibility index (Phi) is 5.13. The molecule has 0 heterocycles. The van der Waals surface area contributed by atoms with E-state index in [1.807, 2.05) is 13.0 Å². The molecule has 0 atom stereocenters. The minimum absolute atomic E-state index is 0.601. The molecule has 0 saturated carbocycles. The molecule has 0 aliphatic rings. The Morgan fingerprint density at radius 2 is 2.38 bits per heavy atom. The van der Waals surface area contributed by atoms with Gasteiger partial charge in [-0.05, 0) is 6.92 Å². The summed E-state index contributed by atoms with van der Waals surface area (Å²) in [4.78, 5) is 0. The molecule has 0 radical (unpaired) electrons. The zero-order chi connectivity index (χ0) is 6.41. The molecule has 0 unspecified atom stereocenters. The van der Waals surface area contributed by atoms with Gasteiger partial charge in [0.1, 0.15) is 0 Å². The van der Waals surface area contributed by atoms with Gasteiger partial charge in [-0.25, -0.2) is 0 Å². The minimum atomic E-state index is 0.601. The second kappa shape index (κ2) is 5.13. The van der Waals surface area contributed by atoms with E-state index >= 15 is 0 Å². The molecule has 0 saturated heterocycles. The summed E-state index contributed by atoms with van der Waals surface area (Å²) < 4.78 is 4.78. The molecule has 2 heteroatoms. The third kappa shape index (κ3) is 4.16. The fourth-order valence-corrected chi connectivity index (χ4v) is 0.389. The Morgan fingerprint density at radius 3 is 2.75 bits per heavy atom. The molecule has 48 valence electrons. The Labute approximate surface area is 55.3 Å². The summed E-state index contributed by atoms with van der Waals surface area (Å²) in [5.41, 5.74) is 1.16. The number of hydrogen-bond acceptors (Lipinski definition) is 1. The van der Waals surface area contributed by atoms with Gasteiger partial charge in [-0.3, -0.25) is 0 Å². The van der Waals surface area contributed by atoms with Crippen LogP contribution in [0.3, 0.4) is 0 Å². The fourth-order valence-electron chi connectivity index (χ4n) is 0.280. The highest BCUT2D eigenvalue weighted by Crippen LogP contribution is 1.93. The van der Waals surface area contributed by atoms with Crippen LogP contribution < -0.4 is 0 Å². The number of rotatable bonds is 3. The average Bonchev–Trinajstić information content (AvgIpc) is 1.83. The molecule has 8 heavy (non-hydrogen) atoms. The van der Waals surface area contributed by atoms with Crippen molar-refractivity contribution in [3.8, 4) is 0 Å². The molecular weight excluding hydrogens is 124 g/mol. The van der Waals surface area contributed by atoms with Gasteiger partial charge in [0.15, 0.2) is 0 Å². The van der Waals surface area contributed by atoms with E-state index in [0.29, 0.717) is 12.5 Å². The minimum Gasteiger partial charge on any atom is -0.381 e. The first kappa shape index (κ1) is 7.99. The van der Waals surface area contributed by atoms with Gasteiger partial charge in [-0.15, -0.1) is 11.6 Å². The van der Waals surface area contributed by atoms with Crippen LogP contribution in [0, 0.1) is 0 Å². The van der Waals surface area contributed by atoms with E-state index in [0.717, 1.165) is 5.57 Å². The van der Waals surface area contributed by atoms with Crippen molar-refractivity contribution in [2.24, 2.45) is 0 Å². The maximum atomic E-state index is 5.46. The van der Waals surface area contributed by atoms with Gasteiger partial charge in [0, 0.05) is 13.0 Å². The molecule has 0 amide bonds. The first-order chi connectivity index (χ1) is 3.81. The van der Waals surface area contributed by atoms with Crippen LogP contribution in [-0.2, 0) is 4.74 Å². The van der Waals surface area contributed by atoms with Crippen molar-refractivity contribution < 1.29 is 4.74 Å². The topological polar surface area (TPSA) is 9.23 Å². The molecule has 0 aromatic carbocycles. The number of methoxy groups -OCH3 is 1. The molecule has 0 N–H and O–H groups in total. The number of ether oxygens (including phenoxy) is 1. The van der Waals surface area contributed by atoms with E-state index in [9.17, 15) is 0 Å². The van der Waals surface area contributed by atoms with Gasteiger partial charge in [0.25, 0.3) is 0 Å². The summed E-state index contributed by atoms with van der Waals surface area (Å²) in [5, 5.41) is 0. The van der Waals surface area contributed by atoms with E-state index in [2.05, 4.69) is 0 Å². The standard InChI is InChI=1S/C6H11ClO/c1-6(5-7)3-4-8-2/h3H,4-5H2,1-2H3/b6-3-. The van der Waals surface area contributed by atoms with E-state index in [1.54, 1.807) is 7.11 Å². The Morgan fingerprint density at radius 1 is 1.75 bits per heavy atom. The molecule has 1 nitrogen and oxygen atoms in total. The van der Waals surface area contributed by atoms with Crippen molar-refractivity contribution in [1.82, 2.24) is 0 Å². The molecule has 0 rings (SSSR count). The SMILES string of the molecule is COC/C=C(/C)CCl. The van der Waals surface area contributed by atoms with Crippen LogP contribution in [-0.4, -0.2) is 19.6 Å². The third-order valence-electron chi connectivity index (χ3n) is 0.809. The van der Waals surface area contributed by atoms with E-state index in [-0.39, 0.29) is 0 Å². The molecule has 0 aliphatic carbocycles. The second-order valence-electron chi connectivity index (χ2n) is 1.64. The maximum absolute atomic E-state index is 5.46.